The molecular formula is C111H75N3O3. The molecule has 6 aromatic heterocycles. The number of rotatable bonds is 3. The summed E-state index contributed by atoms with van der Waals surface area (Å²) in [6.45, 7) is 14.1. The van der Waals surface area contributed by atoms with E-state index in [0.717, 1.165) is 66.2 Å². The zero-order chi connectivity index (χ0) is 77.6. The lowest BCUT2D eigenvalue weighted by Gasteiger charge is -2.22. The summed E-state index contributed by atoms with van der Waals surface area (Å²) in [7, 11) is 0. The van der Waals surface area contributed by atoms with Gasteiger partial charge in [-0.1, -0.05) is 290 Å². The van der Waals surface area contributed by atoms with Crippen molar-refractivity contribution < 1.29 is 13.3 Å². The van der Waals surface area contributed by atoms with E-state index in [1.165, 1.54) is 181 Å². The molecule has 0 unspecified atom stereocenters. The second-order valence-corrected chi connectivity index (χ2v) is 34.1. The van der Waals surface area contributed by atoms with Gasteiger partial charge < -0.3 is 27.0 Å². The Bertz CT molecular complexity index is 8500. The second-order valence-electron chi connectivity index (χ2n) is 34.1. The number of aromatic nitrogens is 3. The van der Waals surface area contributed by atoms with E-state index in [4.69, 9.17) is 13.3 Å². The van der Waals surface area contributed by atoms with Gasteiger partial charge in [0.25, 0.3) is 0 Å². The maximum atomic E-state index is 6.67. The van der Waals surface area contributed by atoms with Gasteiger partial charge in [-0.25, -0.2) is 0 Å². The van der Waals surface area contributed by atoms with E-state index in [2.05, 4.69) is 389 Å². The molecule has 0 spiro atoms. The molecule has 6 nitrogen and oxygen atoms in total. The van der Waals surface area contributed by atoms with E-state index < -0.39 is 0 Å². The van der Waals surface area contributed by atoms with Gasteiger partial charge in [-0.3, -0.25) is 0 Å². The van der Waals surface area contributed by atoms with Crippen LogP contribution >= 0.6 is 0 Å². The summed E-state index contributed by atoms with van der Waals surface area (Å²) in [5.74, 6) is 0. The van der Waals surface area contributed by atoms with Crippen LogP contribution in [0.5, 0.6) is 0 Å². The fourth-order valence-corrected chi connectivity index (χ4v) is 21.4. The molecule has 6 heteroatoms. The first-order chi connectivity index (χ1) is 57.3. The molecular weight excluding hydrogens is 1420 g/mol. The minimum absolute atomic E-state index is 0.0541. The van der Waals surface area contributed by atoms with Crippen LogP contribution in [-0.4, -0.2) is 13.7 Å². The van der Waals surface area contributed by atoms with Gasteiger partial charge in [0.15, 0.2) is 5.58 Å². The van der Waals surface area contributed by atoms with Crippen LogP contribution in [0.2, 0.25) is 0 Å². The smallest absolute Gasteiger partial charge is 0.160 e. The average molecular weight is 1500 g/mol. The highest BCUT2D eigenvalue weighted by Gasteiger charge is 2.39. The summed E-state index contributed by atoms with van der Waals surface area (Å²) in [4.78, 5) is 0. The number of benzene rings is 18. The van der Waals surface area contributed by atoms with Crippen LogP contribution in [0, 0.1) is 0 Å². The van der Waals surface area contributed by atoms with Crippen molar-refractivity contribution in [3.8, 4) is 50.4 Å². The van der Waals surface area contributed by atoms with Gasteiger partial charge >= 0.3 is 0 Å². The molecule has 117 heavy (non-hydrogen) atoms. The van der Waals surface area contributed by atoms with Crippen LogP contribution in [0.15, 0.2) is 359 Å². The highest BCUT2D eigenvalue weighted by molar-refractivity contribution is 6.35. The molecule has 0 saturated heterocycles. The van der Waals surface area contributed by atoms with Gasteiger partial charge in [-0.05, 0) is 191 Å². The molecule has 27 rings (SSSR count). The predicted molar refractivity (Wildman–Crippen MR) is 489 cm³/mol. The fourth-order valence-electron chi connectivity index (χ4n) is 21.4. The Labute approximate surface area is 673 Å². The van der Waals surface area contributed by atoms with Crippen LogP contribution in [0.4, 0.5) is 0 Å². The maximum Gasteiger partial charge on any atom is 0.160 e. The van der Waals surface area contributed by atoms with Gasteiger partial charge in [-0.2, -0.15) is 0 Å². The summed E-state index contributed by atoms with van der Waals surface area (Å²) >= 11 is 0. The largest absolute Gasteiger partial charge is 0.456 e. The summed E-state index contributed by atoms with van der Waals surface area (Å²) in [5, 5.41) is 21.8. The molecule has 0 saturated carbocycles. The minimum atomic E-state index is -0.0674. The van der Waals surface area contributed by atoms with Crippen molar-refractivity contribution in [2.75, 3.05) is 0 Å². The molecule has 0 N–H and O–H groups in total. The molecule has 18 aromatic carbocycles. The maximum absolute atomic E-state index is 6.67. The van der Waals surface area contributed by atoms with Gasteiger partial charge in [0.05, 0.1) is 38.5 Å². The van der Waals surface area contributed by atoms with Crippen LogP contribution < -0.4 is 0 Å². The third-order valence-electron chi connectivity index (χ3n) is 26.9. The molecule has 552 valence electrons. The molecule has 0 fully saturated rings. The van der Waals surface area contributed by atoms with Gasteiger partial charge in [0.2, 0.25) is 0 Å². The van der Waals surface area contributed by atoms with E-state index in [9.17, 15) is 0 Å². The molecule has 24 aromatic rings. The topological polar surface area (TPSA) is 54.2 Å². The quantitative estimate of drug-likeness (QED) is 0.177. The Hall–Kier alpha value is -14.5. The molecule has 3 aliphatic rings. The molecule has 3 aliphatic carbocycles. The first-order valence-electron chi connectivity index (χ1n) is 40.9. The van der Waals surface area contributed by atoms with E-state index >= 15 is 0 Å². The minimum Gasteiger partial charge on any atom is -0.456 e. The zero-order valence-corrected chi connectivity index (χ0v) is 65.5. The highest BCUT2D eigenvalue weighted by Crippen LogP contribution is 2.55. The summed E-state index contributed by atoms with van der Waals surface area (Å²) in [6, 6.07) is 126. The Morgan fingerprint density at radius 2 is 0.624 bits per heavy atom. The van der Waals surface area contributed by atoms with E-state index in [0.29, 0.717) is 0 Å². The van der Waals surface area contributed by atoms with Crippen molar-refractivity contribution in [3.63, 3.8) is 0 Å². The Kier molecular flexibility index (Phi) is 13.4. The van der Waals surface area contributed by atoms with Crippen LogP contribution in [0.1, 0.15) is 74.9 Å². The van der Waals surface area contributed by atoms with E-state index in [1.54, 1.807) is 0 Å². The third-order valence-corrected chi connectivity index (χ3v) is 26.9. The number of furan rings is 3. The van der Waals surface area contributed by atoms with Crippen molar-refractivity contribution in [1.82, 2.24) is 13.7 Å². The Balaban J connectivity index is 0.0000000980. The van der Waals surface area contributed by atoms with Crippen LogP contribution in [0.3, 0.4) is 0 Å². The van der Waals surface area contributed by atoms with E-state index in [1.807, 2.05) is 12.1 Å². The van der Waals surface area contributed by atoms with Crippen molar-refractivity contribution in [3.05, 3.63) is 379 Å². The standard InChI is InChI=1S/3C37H25NO/c1-37(2)29-16-8-5-11-23(29)24-20-19-22(21-30(24)37)38-31-17-9-6-14-27(31)34-35(38)26-13-4-3-12-25(26)33-28-15-7-10-18-32(28)39-36(33)34;1-37(2)30-13-7-5-11-25(30)26-17-16-23(21-31(26)37)38-32-20-15-22-9-3-4-10-24(22)34(32)29-19-18-28-27-12-6-8-14-33(27)39-36(28)35(29)38;1-37(2)31-13-7-5-11-25(31)26-16-15-24(19-32(26)37)38-33-18-23-10-4-3-9-22(23)17-28(33)29-21-36-30(20-34(29)38)27-12-6-8-14-35(27)39-36/h3*3-21H,1-2H3. The van der Waals surface area contributed by atoms with Gasteiger partial charge in [0, 0.05) is 97.9 Å². The SMILES string of the molecule is CC1(C)c2ccccc2-c2ccc(-n3c4cc5ccccc5cc4c4cc5oc6ccccc6c5cc43)cc21.CC1(C)c2ccccc2-c2ccc(-n3c4ccc5ccccc5c4c4ccc5c6ccccc6oc5c43)cc21.CC1(C)c2ccccc2-c2ccc(-n3c4ccccc4c4c5oc6ccccc6c5c5ccccc5c43)cc21. The van der Waals surface area contributed by atoms with Crippen molar-refractivity contribution in [2.24, 2.45) is 0 Å². The number of fused-ring (bicyclic) bond motifs is 35. The zero-order valence-electron chi connectivity index (χ0n) is 65.5. The Morgan fingerprint density at radius 1 is 0.197 bits per heavy atom. The van der Waals surface area contributed by atoms with Crippen molar-refractivity contribution in [2.45, 2.75) is 57.8 Å². The number of hydrogen-bond acceptors (Lipinski definition) is 3. The normalized spacial score (nSPS) is 14.1. The number of hydrogen-bond donors (Lipinski definition) is 0. The molecule has 6 heterocycles. The molecule has 0 atom stereocenters. The van der Waals surface area contributed by atoms with Crippen LogP contribution in [-0.2, 0) is 16.2 Å². The number of nitrogens with zero attached hydrogens (tertiary/aromatic N) is 3. The Morgan fingerprint density at radius 3 is 1.24 bits per heavy atom. The first-order valence-corrected chi connectivity index (χ1v) is 40.9. The molecule has 0 aliphatic heterocycles. The first kappa shape index (κ1) is 66.0. The summed E-state index contributed by atoms with van der Waals surface area (Å²) in [5.41, 5.74) is 32.5. The lowest BCUT2D eigenvalue weighted by atomic mass is 9.82. The highest BCUT2D eigenvalue weighted by atomic mass is 16.3. The van der Waals surface area contributed by atoms with Crippen molar-refractivity contribution in [1.29, 1.82) is 0 Å². The monoisotopic (exact) mass is 1500 g/mol. The van der Waals surface area contributed by atoms with E-state index in [-0.39, 0.29) is 16.2 Å². The summed E-state index contributed by atoms with van der Waals surface area (Å²) < 4.78 is 27.0. The number of para-hydroxylation sites is 4. The molecule has 0 radical (unpaired) electrons. The van der Waals surface area contributed by atoms with Gasteiger partial charge in [0.1, 0.15) is 27.9 Å². The average Bonchev–Trinajstić information content (AvgIpc) is 1.55. The van der Waals surface area contributed by atoms with Crippen LogP contribution in [0.25, 0.3) is 214 Å². The second kappa shape index (κ2) is 23.8. The lowest BCUT2D eigenvalue weighted by Crippen LogP contribution is -2.15. The lowest BCUT2D eigenvalue weighted by molar-refractivity contribution is 0.659. The summed E-state index contributed by atoms with van der Waals surface area (Å²) in [6.07, 6.45) is 0. The molecule has 0 bridgehead atoms. The van der Waals surface area contributed by atoms with Crippen molar-refractivity contribution >= 4 is 164 Å². The third kappa shape index (κ3) is 9.10. The molecule has 0 amide bonds. The van der Waals surface area contributed by atoms with Gasteiger partial charge in [-0.15, -0.1) is 0 Å². The fraction of sp³-hybridized carbons (Fsp3) is 0.0811. The predicted octanol–water partition coefficient (Wildman–Crippen LogP) is 30.4.